The Bertz CT molecular complexity index is 106. The summed E-state index contributed by atoms with van der Waals surface area (Å²) in [5.74, 6) is 0.888. The molecular formula is C9H19NO. The fraction of sp³-hybridized carbons (Fsp3) is 1.00. The molecule has 1 saturated heterocycles. The lowest BCUT2D eigenvalue weighted by Crippen LogP contribution is -2.27. The molecule has 0 radical (unpaired) electrons. The number of likely N-dealkylation sites (tertiary alicyclic amines) is 1. The van der Waals surface area contributed by atoms with E-state index in [1.54, 1.807) is 0 Å². The molecule has 0 spiro atoms. The van der Waals surface area contributed by atoms with Crippen molar-refractivity contribution in [3.05, 3.63) is 0 Å². The highest BCUT2D eigenvalue weighted by atomic mass is 16.3. The van der Waals surface area contributed by atoms with Gasteiger partial charge in [-0.3, -0.25) is 0 Å². The van der Waals surface area contributed by atoms with Crippen molar-refractivity contribution in [2.24, 2.45) is 5.92 Å². The number of aliphatic hydroxyl groups is 1. The summed E-state index contributed by atoms with van der Waals surface area (Å²) in [5, 5.41) is 8.73. The van der Waals surface area contributed by atoms with Crippen LogP contribution in [0.1, 0.15) is 26.2 Å². The summed E-state index contributed by atoms with van der Waals surface area (Å²) in [6, 6.07) is 0. The Kier molecular flexibility index (Phi) is 3.87. The summed E-state index contributed by atoms with van der Waals surface area (Å²) in [7, 11) is 0. The van der Waals surface area contributed by atoms with E-state index in [4.69, 9.17) is 5.11 Å². The lowest BCUT2D eigenvalue weighted by Gasteiger charge is -2.17. The van der Waals surface area contributed by atoms with E-state index in [0.717, 1.165) is 12.5 Å². The van der Waals surface area contributed by atoms with Crippen LogP contribution in [0.15, 0.2) is 0 Å². The van der Waals surface area contributed by atoms with Crippen molar-refractivity contribution in [3.63, 3.8) is 0 Å². The maximum Gasteiger partial charge on any atom is 0.0558 e. The summed E-state index contributed by atoms with van der Waals surface area (Å²) in [5.41, 5.74) is 0. The first kappa shape index (κ1) is 9.01. The largest absolute Gasteiger partial charge is 0.395 e. The van der Waals surface area contributed by atoms with Crippen molar-refractivity contribution in [2.75, 3.05) is 26.2 Å². The summed E-state index contributed by atoms with van der Waals surface area (Å²) < 4.78 is 0. The minimum atomic E-state index is 0.314. The molecule has 0 aliphatic carbocycles. The van der Waals surface area contributed by atoms with Crippen LogP contribution in [0.4, 0.5) is 0 Å². The SMILES string of the molecule is CC1CCCN(CCO)CC1. The standard InChI is InChI=1S/C9H19NO/c1-9-3-2-5-10(6-4-9)7-8-11/h9,11H,2-8H2,1H3. The Morgan fingerprint density at radius 1 is 1.36 bits per heavy atom. The molecule has 1 rings (SSSR count). The maximum absolute atomic E-state index is 8.73. The first-order valence-corrected chi connectivity index (χ1v) is 4.66. The lowest BCUT2D eigenvalue weighted by atomic mass is 10.0. The second-order valence-electron chi connectivity index (χ2n) is 3.60. The Labute approximate surface area is 69.2 Å². The predicted octanol–water partition coefficient (Wildman–Crippen LogP) is 1.10. The molecule has 0 amide bonds. The second kappa shape index (κ2) is 4.73. The summed E-state index contributed by atoms with van der Waals surface area (Å²) in [6.07, 6.45) is 3.98. The molecule has 1 N–H and O–H groups in total. The topological polar surface area (TPSA) is 23.5 Å². The highest BCUT2D eigenvalue weighted by Gasteiger charge is 2.12. The van der Waals surface area contributed by atoms with Crippen LogP contribution in [-0.4, -0.2) is 36.2 Å². The molecule has 0 saturated carbocycles. The molecule has 1 fully saturated rings. The zero-order valence-corrected chi connectivity index (χ0v) is 7.42. The van der Waals surface area contributed by atoms with Gasteiger partial charge in [0, 0.05) is 6.54 Å². The van der Waals surface area contributed by atoms with Gasteiger partial charge in [-0.1, -0.05) is 6.92 Å². The van der Waals surface area contributed by atoms with Crippen molar-refractivity contribution < 1.29 is 5.11 Å². The van der Waals surface area contributed by atoms with Gasteiger partial charge in [-0.2, -0.15) is 0 Å². The molecule has 11 heavy (non-hydrogen) atoms. The van der Waals surface area contributed by atoms with Crippen LogP contribution in [0.3, 0.4) is 0 Å². The third kappa shape index (κ3) is 3.21. The molecule has 1 aliphatic heterocycles. The third-order valence-corrected chi connectivity index (χ3v) is 2.53. The summed E-state index contributed by atoms with van der Waals surface area (Å²) in [4.78, 5) is 2.36. The minimum Gasteiger partial charge on any atom is -0.395 e. The Hall–Kier alpha value is -0.0800. The van der Waals surface area contributed by atoms with Gasteiger partial charge >= 0.3 is 0 Å². The van der Waals surface area contributed by atoms with E-state index in [-0.39, 0.29) is 0 Å². The minimum absolute atomic E-state index is 0.314. The molecule has 1 unspecified atom stereocenters. The number of hydrogen-bond donors (Lipinski definition) is 1. The average Bonchev–Trinajstić information content (AvgIpc) is 2.17. The quantitative estimate of drug-likeness (QED) is 0.649. The Morgan fingerprint density at radius 3 is 2.91 bits per heavy atom. The molecule has 2 nitrogen and oxygen atoms in total. The molecule has 0 bridgehead atoms. The van der Waals surface area contributed by atoms with Gasteiger partial charge in [0.25, 0.3) is 0 Å². The molecule has 1 atom stereocenters. The first-order chi connectivity index (χ1) is 5.33. The van der Waals surface area contributed by atoms with E-state index in [1.807, 2.05) is 0 Å². The lowest BCUT2D eigenvalue weighted by molar-refractivity contribution is 0.199. The van der Waals surface area contributed by atoms with Crippen LogP contribution >= 0.6 is 0 Å². The van der Waals surface area contributed by atoms with Crippen LogP contribution in [0.5, 0.6) is 0 Å². The molecule has 0 aromatic heterocycles. The van der Waals surface area contributed by atoms with Crippen molar-refractivity contribution in [1.29, 1.82) is 0 Å². The molecule has 0 aromatic rings. The van der Waals surface area contributed by atoms with Crippen molar-refractivity contribution in [1.82, 2.24) is 4.90 Å². The Morgan fingerprint density at radius 2 is 2.18 bits per heavy atom. The van der Waals surface area contributed by atoms with Crippen LogP contribution in [0, 0.1) is 5.92 Å². The van der Waals surface area contributed by atoms with Gasteiger partial charge in [0.1, 0.15) is 0 Å². The van der Waals surface area contributed by atoms with Crippen LogP contribution in [-0.2, 0) is 0 Å². The number of hydrogen-bond acceptors (Lipinski definition) is 2. The average molecular weight is 157 g/mol. The smallest absolute Gasteiger partial charge is 0.0558 e. The molecule has 66 valence electrons. The number of nitrogens with zero attached hydrogens (tertiary/aromatic N) is 1. The second-order valence-corrected chi connectivity index (χ2v) is 3.60. The molecule has 0 aromatic carbocycles. The van der Waals surface area contributed by atoms with Gasteiger partial charge in [0.05, 0.1) is 6.61 Å². The normalized spacial score (nSPS) is 28.4. The van der Waals surface area contributed by atoms with Gasteiger partial charge in [-0.15, -0.1) is 0 Å². The van der Waals surface area contributed by atoms with E-state index in [0.29, 0.717) is 6.61 Å². The molecule has 1 aliphatic rings. The van der Waals surface area contributed by atoms with Crippen LogP contribution < -0.4 is 0 Å². The van der Waals surface area contributed by atoms with Crippen LogP contribution in [0.25, 0.3) is 0 Å². The van der Waals surface area contributed by atoms with Gasteiger partial charge in [-0.25, -0.2) is 0 Å². The highest BCUT2D eigenvalue weighted by molar-refractivity contribution is 4.66. The fourth-order valence-corrected chi connectivity index (χ4v) is 1.69. The third-order valence-electron chi connectivity index (χ3n) is 2.53. The van der Waals surface area contributed by atoms with E-state index < -0.39 is 0 Å². The van der Waals surface area contributed by atoms with E-state index in [1.165, 1.54) is 32.4 Å². The number of β-amino-alcohol motifs (C(OH)–C–C–N with tert-alkyl or cyclic N) is 1. The molecule has 1 heterocycles. The maximum atomic E-state index is 8.73. The summed E-state index contributed by atoms with van der Waals surface area (Å²) >= 11 is 0. The monoisotopic (exact) mass is 157 g/mol. The van der Waals surface area contributed by atoms with Gasteiger partial charge in [0.15, 0.2) is 0 Å². The zero-order chi connectivity index (χ0) is 8.10. The zero-order valence-electron chi connectivity index (χ0n) is 7.42. The van der Waals surface area contributed by atoms with E-state index in [9.17, 15) is 0 Å². The summed E-state index contributed by atoms with van der Waals surface area (Å²) in [6.45, 7) is 5.87. The predicted molar refractivity (Wildman–Crippen MR) is 46.5 cm³/mol. The van der Waals surface area contributed by atoms with Gasteiger partial charge < -0.3 is 10.0 Å². The van der Waals surface area contributed by atoms with Gasteiger partial charge in [-0.05, 0) is 38.3 Å². The van der Waals surface area contributed by atoms with E-state index >= 15 is 0 Å². The first-order valence-electron chi connectivity index (χ1n) is 4.66. The molecule has 2 heteroatoms. The van der Waals surface area contributed by atoms with Gasteiger partial charge in [0.2, 0.25) is 0 Å². The van der Waals surface area contributed by atoms with Crippen molar-refractivity contribution in [2.45, 2.75) is 26.2 Å². The van der Waals surface area contributed by atoms with E-state index in [2.05, 4.69) is 11.8 Å². The number of aliphatic hydroxyl groups excluding tert-OH is 1. The van der Waals surface area contributed by atoms with Crippen molar-refractivity contribution >= 4 is 0 Å². The number of rotatable bonds is 2. The Balaban J connectivity index is 2.22. The molecular weight excluding hydrogens is 138 g/mol. The highest BCUT2D eigenvalue weighted by Crippen LogP contribution is 2.15. The van der Waals surface area contributed by atoms with Crippen molar-refractivity contribution in [3.8, 4) is 0 Å². The van der Waals surface area contributed by atoms with Crippen LogP contribution in [0.2, 0.25) is 0 Å². The fourth-order valence-electron chi connectivity index (χ4n) is 1.69.